The Bertz CT molecular complexity index is 623. The van der Waals surface area contributed by atoms with E-state index in [0.717, 1.165) is 37.3 Å². The van der Waals surface area contributed by atoms with Crippen molar-refractivity contribution in [1.82, 2.24) is 15.2 Å². The van der Waals surface area contributed by atoms with Crippen molar-refractivity contribution in [2.75, 3.05) is 26.7 Å². The van der Waals surface area contributed by atoms with Crippen LogP contribution in [0, 0.1) is 6.92 Å². The van der Waals surface area contributed by atoms with Crippen molar-refractivity contribution in [2.24, 2.45) is 0 Å². The molecule has 0 unspecified atom stereocenters. The number of ether oxygens (including phenoxy) is 1. The van der Waals surface area contributed by atoms with E-state index in [2.05, 4.69) is 15.2 Å². The number of aromatic nitrogens is 1. The molecule has 1 fully saturated rings. The summed E-state index contributed by atoms with van der Waals surface area (Å²) in [5, 5.41) is 3.08. The van der Waals surface area contributed by atoms with E-state index in [4.69, 9.17) is 4.74 Å². The van der Waals surface area contributed by atoms with E-state index >= 15 is 0 Å². The second kappa shape index (κ2) is 6.45. The zero-order valence-electron chi connectivity index (χ0n) is 14.1. The number of amides is 1. The van der Waals surface area contributed by atoms with Gasteiger partial charge in [-0.25, -0.2) is 0 Å². The van der Waals surface area contributed by atoms with Gasteiger partial charge in [0.1, 0.15) is 0 Å². The van der Waals surface area contributed by atoms with E-state index in [1.54, 1.807) is 0 Å². The molecule has 0 bridgehead atoms. The molecule has 1 aliphatic carbocycles. The van der Waals surface area contributed by atoms with Crippen LogP contribution in [0.15, 0.2) is 0 Å². The largest absolute Gasteiger partial charge is 0.375 e. The minimum absolute atomic E-state index is 0.000254. The third kappa shape index (κ3) is 3.05. The number of carbonyl (C=O) groups excluding carboxylic acids is 2. The van der Waals surface area contributed by atoms with Crippen molar-refractivity contribution in [1.29, 1.82) is 0 Å². The van der Waals surface area contributed by atoms with Gasteiger partial charge in [-0.15, -0.1) is 0 Å². The average molecular weight is 319 g/mol. The molecule has 1 amide bonds. The van der Waals surface area contributed by atoms with Crippen LogP contribution in [-0.4, -0.2) is 60.5 Å². The Balaban J connectivity index is 1.81. The molecule has 2 aliphatic rings. The molecular formula is C17H25N3O3. The number of H-pyrrole nitrogens is 1. The van der Waals surface area contributed by atoms with Crippen LogP contribution in [0.25, 0.3) is 0 Å². The third-order valence-electron chi connectivity index (χ3n) is 4.75. The molecule has 1 saturated heterocycles. The number of fused-ring (bicyclic) bond motifs is 1. The predicted molar refractivity (Wildman–Crippen MR) is 87.0 cm³/mol. The van der Waals surface area contributed by atoms with E-state index in [0.29, 0.717) is 24.2 Å². The van der Waals surface area contributed by atoms with Gasteiger partial charge in [0.25, 0.3) is 5.91 Å². The first kappa shape index (κ1) is 16.2. The quantitative estimate of drug-likeness (QED) is 0.877. The Morgan fingerprint density at radius 3 is 2.91 bits per heavy atom. The van der Waals surface area contributed by atoms with Gasteiger partial charge in [0.2, 0.25) is 0 Å². The van der Waals surface area contributed by atoms with Crippen molar-refractivity contribution >= 4 is 11.7 Å². The topological polar surface area (TPSA) is 74.4 Å². The predicted octanol–water partition coefficient (Wildman–Crippen LogP) is 1.29. The van der Waals surface area contributed by atoms with Crippen LogP contribution in [0.2, 0.25) is 0 Å². The summed E-state index contributed by atoms with van der Waals surface area (Å²) >= 11 is 0. The van der Waals surface area contributed by atoms with Crippen molar-refractivity contribution in [2.45, 2.75) is 45.3 Å². The van der Waals surface area contributed by atoms with Crippen LogP contribution >= 0.6 is 0 Å². The molecular weight excluding hydrogens is 294 g/mol. The van der Waals surface area contributed by atoms with Crippen molar-refractivity contribution in [3.63, 3.8) is 0 Å². The normalized spacial score (nSPS) is 24.7. The fourth-order valence-electron chi connectivity index (χ4n) is 3.74. The Hall–Kier alpha value is -1.66. The Morgan fingerprint density at radius 2 is 2.17 bits per heavy atom. The summed E-state index contributed by atoms with van der Waals surface area (Å²) in [6.07, 6.45) is 2.22. The lowest BCUT2D eigenvalue weighted by Crippen LogP contribution is -2.44. The summed E-state index contributed by atoms with van der Waals surface area (Å²) in [7, 11) is 2.02. The zero-order valence-corrected chi connectivity index (χ0v) is 14.1. The number of nitrogens with zero attached hydrogens (tertiary/aromatic N) is 1. The highest BCUT2D eigenvalue weighted by Crippen LogP contribution is 2.27. The summed E-state index contributed by atoms with van der Waals surface area (Å²) < 4.78 is 5.74. The number of rotatable bonds is 4. The van der Waals surface area contributed by atoms with Crippen LogP contribution in [0.3, 0.4) is 0 Å². The number of ketones is 1. The Kier molecular flexibility index (Phi) is 4.55. The fourth-order valence-corrected chi connectivity index (χ4v) is 3.74. The lowest BCUT2D eigenvalue weighted by molar-refractivity contribution is 0.0513. The Morgan fingerprint density at radius 1 is 1.39 bits per heavy atom. The molecule has 1 aromatic heterocycles. The van der Waals surface area contributed by atoms with Crippen LogP contribution in [0.5, 0.6) is 0 Å². The van der Waals surface area contributed by atoms with E-state index < -0.39 is 0 Å². The number of aryl methyl sites for hydroxylation is 2. The van der Waals surface area contributed by atoms with Crippen molar-refractivity contribution < 1.29 is 14.3 Å². The van der Waals surface area contributed by atoms with Crippen LogP contribution in [0.4, 0.5) is 0 Å². The van der Waals surface area contributed by atoms with Crippen molar-refractivity contribution in [3.05, 3.63) is 22.5 Å². The maximum atomic E-state index is 12.8. The maximum Gasteiger partial charge on any atom is 0.254 e. The molecule has 126 valence electrons. The Labute approximate surface area is 136 Å². The fraction of sp³-hybridized carbons (Fsp3) is 0.647. The van der Waals surface area contributed by atoms with Gasteiger partial charge in [0.15, 0.2) is 5.78 Å². The number of hydrogen-bond donors (Lipinski definition) is 2. The molecule has 6 heteroatoms. The highest BCUT2D eigenvalue weighted by Gasteiger charge is 2.35. The summed E-state index contributed by atoms with van der Waals surface area (Å²) in [4.78, 5) is 30.4. The molecule has 1 aliphatic heterocycles. The van der Waals surface area contributed by atoms with Gasteiger partial charge in [-0.05, 0) is 33.7 Å². The number of likely N-dealkylation sites (tertiary alicyclic amines) is 1. The van der Waals surface area contributed by atoms with Gasteiger partial charge < -0.3 is 19.9 Å². The van der Waals surface area contributed by atoms with Crippen LogP contribution < -0.4 is 5.32 Å². The second-order valence-electron chi connectivity index (χ2n) is 6.55. The molecule has 6 nitrogen and oxygen atoms in total. The third-order valence-corrected chi connectivity index (χ3v) is 4.75. The monoisotopic (exact) mass is 319 g/mol. The zero-order chi connectivity index (χ0) is 16.6. The number of aromatic amines is 1. The molecule has 0 spiro atoms. The van der Waals surface area contributed by atoms with Gasteiger partial charge >= 0.3 is 0 Å². The number of likely N-dealkylation sites (N-methyl/N-ethyl adjacent to an activating group) is 1. The van der Waals surface area contributed by atoms with Gasteiger partial charge in [0, 0.05) is 37.5 Å². The molecule has 2 heterocycles. The summed E-state index contributed by atoms with van der Waals surface area (Å²) in [6.45, 7) is 6.02. The number of nitrogens with one attached hydrogen (secondary N) is 2. The van der Waals surface area contributed by atoms with Gasteiger partial charge in [-0.1, -0.05) is 0 Å². The van der Waals surface area contributed by atoms with Crippen LogP contribution in [-0.2, 0) is 11.2 Å². The highest BCUT2D eigenvalue weighted by atomic mass is 16.5. The first-order chi connectivity index (χ1) is 11.0. The SMILES string of the molecule is CCO[C@H]1CN(C)C[C@@H]1NC(=O)c1c(C)[nH]c2c1C(=O)CCC2. The van der Waals surface area contributed by atoms with E-state index in [1.165, 1.54) is 0 Å². The van der Waals surface area contributed by atoms with E-state index in [-0.39, 0.29) is 23.8 Å². The second-order valence-corrected chi connectivity index (χ2v) is 6.55. The maximum absolute atomic E-state index is 12.8. The van der Waals surface area contributed by atoms with Gasteiger partial charge in [0.05, 0.1) is 23.3 Å². The standard InChI is InChI=1S/C17H25N3O3/c1-4-23-14-9-20(3)8-12(14)19-17(22)15-10(2)18-11-6-5-7-13(21)16(11)15/h12,14,18H,4-9H2,1-3H3,(H,19,22)/t12-,14-/m0/s1. The van der Waals surface area contributed by atoms with Crippen LogP contribution in [0.1, 0.15) is 51.9 Å². The van der Waals surface area contributed by atoms with E-state index in [1.807, 2.05) is 20.9 Å². The molecule has 3 rings (SSSR count). The summed E-state index contributed by atoms with van der Waals surface area (Å²) in [6, 6.07) is -0.0453. The minimum atomic E-state index is -0.166. The van der Waals surface area contributed by atoms with Gasteiger partial charge in [-0.3, -0.25) is 9.59 Å². The van der Waals surface area contributed by atoms with E-state index in [9.17, 15) is 9.59 Å². The first-order valence-corrected chi connectivity index (χ1v) is 8.37. The summed E-state index contributed by atoms with van der Waals surface area (Å²) in [5.74, 6) is -0.0918. The smallest absolute Gasteiger partial charge is 0.254 e. The lowest BCUT2D eigenvalue weighted by atomic mass is 9.93. The summed E-state index contributed by atoms with van der Waals surface area (Å²) in [5.41, 5.74) is 2.82. The van der Waals surface area contributed by atoms with Crippen molar-refractivity contribution in [3.8, 4) is 0 Å². The molecule has 0 saturated carbocycles. The molecule has 23 heavy (non-hydrogen) atoms. The molecule has 0 aromatic carbocycles. The average Bonchev–Trinajstić information content (AvgIpc) is 3.00. The first-order valence-electron chi connectivity index (χ1n) is 8.37. The molecule has 0 radical (unpaired) electrons. The molecule has 2 atom stereocenters. The number of hydrogen-bond acceptors (Lipinski definition) is 4. The molecule has 1 aromatic rings. The number of carbonyl (C=O) groups is 2. The minimum Gasteiger partial charge on any atom is -0.375 e. The lowest BCUT2D eigenvalue weighted by Gasteiger charge is -2.20. The highest BCUT2D eigenvalue weighted by molar-refractivity contribution is 6.10. The number of Topliss-reactive ketones (excluding diaryl/α,β-unsaturated/α-hetero) is 1. The molecule has 2 N–H and O–H groups in total. The van der Waals surface area contributed by atoms with Gasteiger partial charge in [-0.2, -0.15) is 0 Å².